The number of nitrogens with zero attached hydrogens (tertiary/aromatic N) is 2. The third-order valence-electron chi connectivity index (χ3n) is 3.01. The maximum absolute atomic E-state index is 11.0. The van der Waals surface area contributed by atoms with Crippen molar-refractivity contribution >= 4 is 11.5 Å². The Hall–Kier alpha value is -2.30. The molecule has 86 valence electrons. The third-order valence-corrected chi connectivity index (χ3v) is 3.01. The molecule has 2 heterocycles. The molecule has 0 bridgehead atoms. The first-order valence-corrected chi connectivity index (χ1v) is 5.41. The van der Waals surface area contributed by atoms with Gasteiger partial charge in [-0.1, -0.05) is 12.1 Å². The van der Waals surface area contributed by atoms with E-state index in [0.29, 0.717) is 0 Å². The van der Waals surface area contributed by atoms with Gasteiger partial charge in [-0.2, -0.15) is 5.10 Å². The quantitative estimate of drug-likeness (QED) is 0.710. The summed E-state index contributed by atoms with van der Waals surface area (Å²) >= 11 is 0. The Morgan fingerprint density at radius 2 is 2.12 bits per heavy atom. The largest absolute Gasteiger partial charge is 0.398 e. The molecule has 0 radical (unpaired) electrons. The second-order valence-electron chi connectivity index (χ2n) is 4.12. The topological polar surface area (TPSA) is 75.0 Å². The number of nitrogens with one attached hydrogen (secondary N) is 1. The summed E-state index contributed by atoms with van der Waals surface area (Å²) in [4.78, 5) is 13.0. The first kappa shape index (κ1) is 9.89. The predicted molar refractivity (Wildman–Crippen MR) is 65.6 cm³/mol. The van der Waals surface area contributed by atoms with Gasteiger partial charge in [0.2, 0.25) is 0 Å². The number of aromatic nitrogens is 2. The van der Waals surface area contributed by atoms with Crippen molar-refractivity contribution in [3.05, 3.63) is 51.8 Å². The molecule has 3 rings (SSSR count). The highest BCUT2D eigenvalue weighted by atomic mass is 16.1. The number of nitrogens with two attached hydrogens (primary N) is 1. The number of H-pyrrole nitrogens is 1. The van der Waals surface area contributed by atoms with Gasteiger partial charge in [-0.05, 0) is 23.3 Å². The summed E-state index contributed by atoms with van der Waals surface area (Å²) in [5.74, 6) is 0.764. The van der Waals surface area contributed by atoms with E-state index in [1.54, 1.807) is 6.07 Å². The Labute approximate surface area is 97.9 Å². The minimum atomic E-state index is -0.190. The molecule has 0 aliphatic carbocycles. The van der Waals surface area contributed by atoms with Gasteiger partial charge in [0.25, 0.3) is 5.56 Å². The number of hydrogen-bond donors (Lipinski definition) is 2. The molecule has 0 fully saturated rings. The molecule has 1 aromatic carbocycles. The summed E-state index contributed by atoms with van der Waals surface area (Å²) in [5.41, 5.74) is 8.93. The molecule has 0 atom stereocenters. The monoisotopic (exact) mass is 228 g/mol. The molecule has 0 spiro atoms. The lowest BCUT2D eigenvalue weighted by Gasteiger charge is -2.15. The van der Waals surface area contributed by atoms with Gasteiger partial charge in [0.05, 0.1) is 0 Å². The Bertz CT molecular complexity index is 600. The van der Waals surface area contributed by atoms with Crippen LogP contribution in [0, 0.1) is 0 Å². The summed E-state index contributed by atoms with van der Waals surface area (Å²) in [6.07, 6.45) is 0. The highest BCUT2D eigenvalue weighted by Gasteiger charge is 2.21. The SMILES string of the molecule is Nc1cccc2c1CN(c1ccc(=O)[nH]n1)C2. The minimum Gasteiger partial charge on any atom is -0.398 e. The average Bonchev–Trinajstić information content (AvgIpc) is 2.75. The molecule has 1 aromatic heterocycles. The van der Waals surface area contributed by atoms with Crippen LogP contribution in [0.15, 0.2) is 35.1 Å². The van der Waals surface area contributed by atoms with Crippen molar-refractivity contribution in [2.75, 3.05) is 10.6 Å². The fourth-order valence-electron chi connectivity index (χ4n) is 2.12. The van der Waals surface area contributed by atoms with Gasteiger partial charge in [-0.15, -0.1) is 0 Å². The third kappa shape index (κ3) is 1.65. The van der Waals surface area contributed by atoms with Crippen LogP contribution in [0.3, 0.4) is 0 Å². The van der Waals surface area contributed by atoms with Gasteiger partial charge in [-0.25, -0.2) is 5.10 Å². The Kier molecular flexibility index (Phi) is 2.11. The van der Waals surface area contributed by atoms with Crippen LogP contribution >= 0.6 is 0 Å². The van der Waals surface area contributed by atoms with Crippen LogP contribution in [0.1, 0.15) is 11.1 Å². The summed E-state index contributed by atoms with van der Waals surface area (Å²) in [6.45, 7) is 1.51. The van der Waals surface area contributed by atoms with Crippen molar-refractivity contribution in [3.8, 4) is 0 Å². The first-order valence-electron chi connectivity index (χ1n) is 5.41. The number of aromatic amines is 1. The number of hydrogen-bond acceptors (Lipinski definition) is 4. The second-order valence-corrected chi connectivity index (χ2v) is 4.12. The van der Waals surface area contributed by atoms with Crippen molar-refractivity contribution in [1.29, 1.82) is 0 Å². The van der Waals surface area contributed by atoms with Crippen molar-refractivity contribution in [3.63, 3.8) is 0 Å². The fraction of sp³-hybridized carbons (Fsp3) is 0.167. The summed E-state index contributed by atoms with van der Waals surface area (Å²) in [6, 6.07) is 9.13. The highest BCUT2D eigenvalue weighted by Crippen LogP contribution is 2.29. The number of fused-ring (bicyclic) bond motifs is 1. The fourth-order valence-corrected chi connectivity index (χ4v) is 2.12. The molecule has 0 unspecified atom stereocenters. The molecule has 0 amide bonds. The van der Waals surface area contributed by atoms with E-state index in [4.69, 9.17) is 5.73 Å². The highest BCUT2D eigenvalue weighted by molar-refractivity contribution is 5.57. The van der Waals surface area contributed by atoms with Gasteiger partial charge in [0, 0.05) is 24.8 Å². The Balaban J connectivity index is 1.94. The van der Waals surface area contributed by atoms with E-state index in [9.17, 15) is 4.79 Å². The zero-order chi connectivity index (χ0) is 11.8. The lowest BCUT2D eigenvalue weighted by molar-refractivity contribution is 0.825. The Morgan fingerprint density at radius 1 is 1.24 bits per heavy atom. The second kappa shape index (κ2) is 3.62. The number of nitrogen functional groups attached to an aromatic ring is 1. The molecule has 0 saturated heterocycles. The van der Waals surface area contributed by atoms with Crippen LogP contribution in [-0.4, -0.2) is 10.2 Å². The molecule has 1 aliphatic rings. The summed E-state index contributed by atoms with van der Waals surface area (Å²) in [7, 11) is 0. The molecule has 2 aromatic rings. The van der Waals surface area contributed by atoms with E-state index in [0.717, 1.165) is 30.2 Å². The van der Waals surface area contributed by atoms with Crippen LogP contribution in [0.2, 0.25) is 0 Å². The Morgan fingerprint density at radius 3 is 2.82 bits per heavy atom. The number of anilines is 2. The van der Waals surface area contributed by atoms with Crippen LogP contribution in [0.25, 0.3) is 0 Å². The van der Waals surface area contributed by atoms with Crippen LogP contribution < -0.4 is 16.2 Å². The molecule has 0 saturated carbocycles. The van der Waals surface area contributed by atoms with Gasteiger partial charge < -0.3 is 10.6 Å². The minimum absolute atomic E-state index is 0.190. The molecule has 1 aliphatic heterocycles. The first-order chi connectivity index (χ1) is 8.24. The van der Waals surface area contributed by atoms with E-state index in [2.05, 4.69) is 21.2 Å². The predicted octanol–water partition coefficient (Wildman–Crippen LogP) is 0.872. The summed E-state index contributed by atoms with van der Waals surface area (Å²) in [5, 5.41) is 6.46. The smallest absolute Gasteiger partial charge is 0.264 e. The van der Waals surface area contributed by atoms with E-state index in [1.807, 2.05) is 12.1 Å². The van der Waals surface area contributed by atoms with Crippen molar-refractivity contribution in [2.45, 2.75) is 13.1 Å². The molecular formula is C12H12N4O. The average molecular weight is 228 g/mol. The van der Waals surface area contributed by atoms with E-state index >= 15 is 0 Å². The summed E-state index contributed by atoms with van der Waals surface area (Å²) < 4.78 is 0. The van der Waals surface area contributed by atoms with E-state index in [1.165, 1.54) is 11.6 Å². The zero-order valence-corrected chi connectivity index (χ0v) is 9.18. The number of rotatable bonds is 1. The van der Waals surface area contributed by atoms with E-state index < -0.39 is 0 Å². The maximum atomic E-state index is 11.0. The molecule has 5 nitrogen and oxygen atoms in total. The van der Waals surface area contributed by atoms with Crippen LogP contribution in [-0.2, 0) is 13.1 Å². The molecular weight excluding hydrogens is 216 g/mol. The molecule has 5 heteroatoms. The van der Waals surface area contributed by atoms with Crippen LogP contribution in [0.5, 0.6) is 0 Å². The molecule has 3 N–H and O–H groups in total. The zero-order valence-electron chi connectivity index (χ0n) is 9.18. The molecule has 17 heavy (non-hydrogen) atoms. The van der Waals surface area contributed by atoms with Gasteiger partial charge in [0.1, 0.15) is 5.82 Å². The standard InChI is InChI=1S/C12H12N4O/c13-10-3-1-2-8-6-16(7-9(8)10)11-4-5-12(17)15-14-11/h1-5H,6-7,13H2,(H,15,17). The van der Waals surface area contributed by atoms with Crippen molar-refractivity contribution in [2.24, 2.45) is 0 Å². The van der Waals surface area contributed by atoms with E-state index in [-0.39, 0.29) is 5.56 Å². The van der Waals surface area contributed by atoms with Gasteiger partial charge in [-0.3, -0.25) is 4.79 Å². The lowest BCUT2D eigenvalue weighted by Crippen LogP contribution is -2.18. The normalized spacial score (nSPS) is 13.8. The van der Waals surface area contributed by atoms with Crippen molar-refractivity contribution < 1.29 is 0 Å². The van der Waals surface area contributed by atoms with Crippen molar-refractivity contribution in [1.82, 2.24) is 10.2 Å². The lowest BCUT2D eigenvalue weighted by atomic mass is 10.1. The maximum Gasteiger partial charge on any atom is 0.264 e. The van der Waals surface area contributed by atoms with Gasteiger partial charge in [0.15, 0.2) is 0 Å². The van der Waals surface area contributed by atoms with Crippen LogP contribution in [0.4, 0.5) is 11.5 Å². The number of benzene rings is 1. The van der Waals surface area contributed by atoms with Gasteiger partial charge >= 0.3 is 0 Å².